The van der Waals surface area contributed by atoms with E-state index in [0.717, 1.165) is 6.42 Å². The lowest BCUT2D eigenvalue weighted by Gasteiger charge is -2.23. The number of hydrogen-bond acceptors (Lipinski definition) is 0. The zero-order chi connectivity index (χ0) is 13.5. The third-order valence-electron chi connectivity index (χ3n) is 4.24. The second-order valence-corrected chi connectivity index (χ2v) is 5.66. The van der Waals surface area contributed by atoms with Crippen LogP contribution in [0.25, 0.3) is 17.0 Å². The number of hydrogen-bond donors (Lipinski definition) is 1. The van der Waals surface area contributed by atoms with E-state index in [9.17, 15) is 0 Å². The predicted octanol–water partition coefficient (Wildman–Crippen LogP) is 5.11. The Kier molecular flexibility index (Phi) is 2.53. The van der Waals surface area contributed by atoms with Crippen LogP contribution in [0.4, 0.5) is 0 Å². The van der Waals surface area contributed by atoms with Crippen molar-refractivity contribution in [2.24, 2.45) is 0 Å². The molecule has 1 N–H and O–H groups in total. The molecular weight excluding hydrogens is 242 g/mol. The standard InChI is InChI=1S/C19H17N/c1-13-11-16(14-7-3-2-4-8-14)19-15-9-5-6-10-17(15)20-18(19)12-13/h2-10,12,16,20H,11H2,1H3. The third kappa shape index (κ3) is 1.70. The van der Waals surface area contributed by atoms with E-state index in [1.54, 1.807) is 0 Å². The molecule has 0 saturated heterocycles. The fraction of sp³-hybridized carbons (Fsp3) is 0.158. The van der Waals surface area contributed by atoms with E-state index >= 15 is 0 Å². The van der Waals surface area contributed by atoms with Crippen molar-refractivity contribution in [1.82, 2.24) is 4.98 Å². The fourth-order valence-corrected chi connectivity index (χ4v) is 3.37. The van der Waals surface area contributed by atoms with Gasteiger partial charge in [0, 0.05) is 22.5 Å². The number of benzene rings is 2. The Morgan fingerprint density at radius 1 is 0.950 bits per heavy atom. The first-order valence-corrected chi connectivity index (χ1v) is 7.15. The molecule has 1 atom stereocenters. The summed E-state index contributed by atoms with van der Waals surface area (Å²) in [4.78, 5) is 3.57. The molecule has 1 aliphatic rings. The van der Waals surface area contributed by atoms with Gasteiger partial charge in [0.1, 0.15) is 0 Å². The van der Waals surface area contributed by atoms with Crippen LogP contribution in [0, 0.1) is 0 Å². The molecule has 1 nitrogen and oxygen atoms in total. The van der Waals surface area contributed by atoms with Gasteiger partial charge in [-0.3, -0.25) is 0 Å². The molecule has 0 aliphatic heterocycles. The van der Waals surface area contributed by atoms with Crippen LogP contribution in [0.15, 0.2) is 60.2 Å². The van der Waals surface area contributed by atoms with Crippen LogP contribution < -0.4 is 0 Å². The first kappa shape index (κ1) is 11.5. The Hall–Kier alpha value is -2.28. The van der Waals surface area contributed by atoms with Gasteiger partial charge in [0.25, 0.3) is 0 Å². The Balaban J connectivity index is 1.99. The van der Waals surface area contributed by atoms with Crippen molar-refractivity contribution in [2.45, 2.75) is 19.3 Å². The van der Waals surface area contributed by atoms with Crippen LogP contribution in [-0.4, -0.2) is 4.98 Å². The molecule has 3 aromatic rings. The summed E-state index contributed by atoms with van der Waals surface area (Å²) >= 11 is 0. The Morgan fingerprint density at radius 2 is 1.70 bits per heavy atom. The van der Waals surface area contributed by atoms with Gasteiger partial charge in [0.15, 0.2) is 0 Å². The number of nitrogens with one attached hydrogen (secondary N) is 1. The molecule has 4 rings (SSSR count). The van der Waals surface area contributed by atoms with Crippen LogP contribution in [0.2, 0.25) is 0 Å². The molecule has 0 radical (unpaired) electrons. The van der Waals surface area contributed by atoms with E-state index in [1.165, 1.54) is 33.3 Å². The first-order valence-electron chi connectivity index (χ1n) is 7.15. The van der Waals surface area contributed by atoms with Crippen LogP contribution in [0.1, 0.15) is 36.1 Å². The molecule has 1 heterocycles. The van der Waals surface area contributed by atoms with Crippen molar-refractivity contribution >= 4 is 17.0 Å². The van der Waals surface area contributed by atoms with E-state index in [0.29, 0.717) is 5.92 Å². The zero-order valence-electron chi connectivity index (χ0n) is 11.6. The molecule has 0 amide bonds. The van der Waals surface area contributed by atoms with E-state index in [4.69, 9.17) is 0 Å². The topological polar surface area (TPSA) is 15.8 Å². The first-order chi connectivity index (χ1) is 9.83. The number of rotatable bonds is 1. The maximum Gasteiger partial charge on any atom is 0.0461 e. The highest BCUT2D eigenvalue weighted by molar-refractivity contribution is 5.89. The molecule has 1 heteroatoms. The van der Waals surface area contributed by atoms with Crippen molar-refractivity contribution in [1.29, 1.82) is 0 Å². The average Bonchev–Trinajstić information content (AvgIpc) is 2.85. The van der Waals surface area contributed by atoms with E-state index < -0.39 is 0 Å². The summed E-state index contributed by atoms with van der Waals surface area (Å²) in [6.45, 7) is 2.23. The second kappa shape index (κ2) is 4.38. The van der Waals surface area contributed by atoms with Gasteiger partial charge in [-0.2, -0.15) is 0 Å². The number of aromatic amines is 1. The molecule has 1 aromatic heterocycles. The predicted molar refractivity (Wildman–Crippen MR) is 84.9 cm³/mol. The van der Waals surface area contributed by atoms with Gasteiger partial charge in [-0.1, -0.05) is 54.1 Å². The fourth-order valence-electron chi connectivity index (χ4n) is 3.37. The monoisotopic (exact) mass is 259 g/mol. The number of aromatic nitrogens is 1. The minimum Gasteiger partial charge on any atom is -0.355 e. The second-order valence-electron chi connectivity index (χ2n) is 5.66. The Labute approximate surface area is 119 Å². The SMILES string of the molecule is CC1=Cc2[nH]c3ccccc3c2C(c2ccccc2)C1. The molecule has 2 aromatic carbocycles. The number of H-pyrrole nitrogens is 1. The lowest BCUT2D eigenvalue weighted by molar-refractivity contribution is 0.791. The van der Waals surface area contributed by atoms with Gasteiger partial charge in [0.05, 0.1) is 0 Å². The average molecular weight is 259 g/mol. The van der Waals surface area contributed by atoms with Crippen LogP contribution in [0.5, 0.6) is 0 Å². The van der Waals surface area contributed by atoms with Gasteiger partial charge in [-0.15, -0.1) is 0 Å². The summed E-state index contributed by atoms with van der Waals surface area (Å²) in [5.41, 5.74) is 6.83. The van der Waals surface area contributed by atoms with E-state index in [-0.39, 0.29) is 0 Å². The Morgan fingerprint density at radius 3 is 2.55 bits per heavy atom. The molecule has 0 bridgehead atoms. The van der Waals surface area contributed by atoms with Gasteiger partial charge in [-0.25, -0.2) is 0 Å². The van der Waals surface area contributed by atoms with Crippen molar-refractivity contribution in [3.63, 3.8) is 0 Å². The molecule has 1 aliphatic carbocycles. The van der Waals surface area contributed by atoms with Crippen LogP contribution in [-0.2, 0) is 0 Å². The normalized spacial score (nSPS) is 17.9. The quantitative estimate of drug-likeness (QED) is 0.625. The molecule has 20 heavy (non-hydrogen) atoms. The third-order valence-corrected chi connectivity index (χ3v) is 4.24. The highest BCUT2D eigenvalue weighted by Crippen LogP contribution is 2.41. The summed E-state index contributed by atoms with van der Waals surface area (Å²) in [6.07, 6.45) is 3.41. The summed E-state index contributed by atoms with van der Waals surface area (Å²) in [5, 5.41) is 1.36. The van der Waals surface area contributed by atoms with Crippen LogP contribution >= 0.6 is 0 Å². The maximum atomic E-state index is 3.57. The smallest absolute Gasteiger partial charge is 0.0461 e. The number of allylic oxidation sites excluding steroid dienone is 1. The number of para-hydroxylation sites is 1. The van der Waals surface area contributed by atoms with Crippen LogP contribution in [0.3, 0.4) is 0 Å². The summed E-state index contributed by atoms with van der Waals surface area (Å²) in [7, 11) is 0. The number of fused-ring (bicyclic) bond motifs is 3. The van der Waals surface area contributed by atoms with Crippen molar-refractivity contribution in [2.75, 3.05) is 0 Å². The summed E-state index contributed by atoms with van der Waals surface area (Å²) < 4.78 is 0. The highest BCUT2D eigenvalue weighted by atomic mass is 14.7. The molecule has 1 unspecified atom stereocenters. The zero-order valence-corrected chi connectivity index (χ0v) is 11.6. The molecular formula is C19H17N. The highest BCUT2D eigenvalue weighted by Gasteiger charge is 2.25. The minimum absolute atomic E-state index is 0.465. The molecule has 0 spiro atoms. The summed E-state index contributed by atoms with van der Waals surface area (Å²) in [6, 6.07) is 19.5. The lowest BCUT2D eigenvalue weighted by Crippen LogP contribution is -2.07. The molecule has 98 valence electrons. The lowest BCUT2D eigenvalue weighted by atomic mass is 9.81. The molecule has 0 fully saturated rings. The van der Waals surface area contributed by atoms with Crippen molar-refractivity contribution in [3.05, 3.63) is 77.0 Å². The molecule has 0 saturated carbocycles. The van der Waals surface area contributed by atoms with Gasteiger partial charge < -0.3 is 4.98 Å². The van der Waals surface area contributed by atoms with Gasteiger partial charge in [0.2, 0.25) is 0 Å². The van der Waals surface area contributed by atoms with Crippen molar-refractivity contribution in [3.8, 4) is 0 Å². The summed E-state index contributed by atoms with van der Waals surface area (Å²) in [5.74, 6) is 0.465. The van der Waals surface area contributed by atoms with Gasteiger partial charge in [-0.05, 0) is 36.6 Å². The van der Waals surface area contributed by atoms with E-state index in [1.807, 2.05) is 0 Å². The van der Waals surface area contributed by atoms with Crippen molar-refractivity contribution < 1.29 is 0 Å². The van der Waals surface area contributed by atoms with E-state index in [2.05, 4.69) is 72.6 Å². The maximum absolute atomic E-state index is 3.57. The minimum atomic E-state index is 0.465. The Bertz CT molecular complexity index is 793. The van der Waals surface area contributed by atoms with Gasteiger partial charge >= 0.3 is 0 Å². The largest absolute Gasteiger partial charge is 0.355 e.